The minimum absolute atomic E-state index is 0.146. The number of aromatic nitrogens is 1. The molecule has 3 amide bonds. The number of fused-ring (bicyclic) bond motifs is 2. The van der Waals surface area contributed by atoms with Crippen LogP contribution in [-0.2, 0) is 25.7 Å². The van der Waals surface area contributed by atoms with E-state index in [1.807, 2.05) is 0 Å². The van der Waals surface area contributed by atoms with Gasteiger partial charge in [0, 0.05) is 23.9 Å². The van der Waals surface area contributed by atoms with E-state index in [0.29, 0.717) is 39.8 Å². The van der Waals surface area contributed by atoms with Crippen molar-refractivity contribution in [3.63, 3.8) is 0 Å². The largest absolute Gasteiger partial charge is 0.462 e. The maximum absolute atomic E-state index is 14.0. The van der Waals surface area contributed by atoms with Crippen LogP contribution in [0, 0.1) is 11.7 Å². The molecule has 0 radical (unpaired) electrons. The Hall–Kier alpha value is -3.77. The van der Waals surface area contributed by atoms with Gasteiger partial charge in [-0.15, -0.1) is 0 Å². The van der Waals surface area contributed by atoms with E-state index in [1.165, 1.54) is 41.0 Å². The lowest BCUT2D eigenvalue weighted by atomic mass is 9.83. The number of likely N-dealkylation sites (tertiary alicyclic amines) is 1. The SMILES string of the molecule is CCOC(=O)c1ccc(N2C(=O)C3Sc4c(sc(=O)n4CC(=O)N4CCCCC4)C(c4ccc(F)cc4)C3C2=O)cc1. The summed E-state index contributed by atoms with van der Waals surface area (Å²) in [5, 5.41) is -0.373. The summed E-state index contributed by atoms with van der Waals surface area (Å²) < 4.78 is 20.4. The summed E-state index contributed by atoms with van der Waals surface area (Å²) in [6.07, 6.45) is 2.90. The molecule has 218 valence electrons. The van der Waals surface area contributed by atoms with Crippen LogP contribution in [0.15, 0.2) is 58.4 Å². The number of hydrogen-bond donors (Lipinski definition) is 0. The van der Waals surface area contributed by atoms with Crippen molar-refractivity contribution >= 4 is 52.5 Å². The van der Waals surface area contributed by atoms with Gasteiger partial charge in [0.25, 0.3) is 0 Å². The van der Waals surface area contributed by atoms with Crippen molar-refractivity contribution in [2.75, 3.05) is 24.6 Å². The second-order valence-corrected chi connectivity index (χ2v) is 12.6. The van der Waals surface area contributed by atoms with Crippen molar-refractivity contribution < 1.29 is 28.3 Å². The predicted octanol–water partition coefficient (Wildman–Crippen LogP) is 4.03. The number of anilines is 1. The number of imide groups is 1. The third kappa shape index (κ3) is 4.96. The van der Waals surface area contributed by atoms with Crippen molar-refractivity contribution in [2.24, 2.45) is 5.92 Å². The molecule has 0 saturated carbocycles. The number of thiazole rings is 1. The van der Waals surface area contributed by atoms with E-state index in [-0.39, 0.29) is 23.9 Å². The van der Waals surface area contributed by atoms with Gasteiger partial charge in [-0.2, -0.15) is 0 Å². The Balaban J connectivity index is 1.38. The molecule has 2 saturated heterocycles. The standard InChI is InChI=1S/C30H28FN3O6S2/c1-2-40-29(38)18-8-12-20(13-9-18)34-26(36)23-22(17-6-10-19(31)11-7-17)25-28(41-24(23)27(34)37)33(30(39)42-25)16-21(35)32-14-4-3-5-15-32/h6-13,22-24H,2-5,14-16H2,1H3. The first kappa shape index (κ1) is 28.4. The van der Waals surface area contributed by atoms with E-state index in [2.05, 4.69) is 0 Å². The molecule has 6 rings (SSSR count). The number of piperidine rings is 1. The number of rotatable bonds is 6. The number of nitrogens with zero attached hydrogens (tertiary/aromatic N) is 3. The molecule has 4 heterocycles. The van der Waals surface area contributed by atoms with Crippen molar-refractivity contribution in [1.82, 2.24) is 9.47 Å². The summed E-state index contributed by atoms with van der Waals surface area (Å²) in [4.78, 5) is 69.5. The minimum Gasteiger partial charge on any atom is -0.462 e. The zero-order chi connectivity index (χ0) is 29.5. The molecule has 0 spiro atoms. The van der Waals surface area contributed by atoms with Crippen molar-refractivity contribution in [1.29, 1.82) is 0 Å². The predicted molar refractivity (Wildman–Crippen MR) is 155 cm³/mol. The van der Waals surface area contributed by atoms with Crippen LogP contribution in [0.1, 0.15) is 52.9 Å². The van der Waals surface area contributed by atoms with Crippen molar-refractivity contribution in [3.8, 4) is 0 Å². The summed E-state index contributed by atoms with van der Waals surface area (Å²) in [5.74, 6) is -3.55. The first-order valence-corrected chi connectivity index (χ1v) is 15.6. The van der Waals surface area contributed by atoms with Crippen LogP contribution in [0.3, 0.4) is 0 Å². The number of carbonyl (C=O) groups excluding carboxylic acids is 4. The van der Waals surface area contributed by atoms with Gasteiger partial charge >= 0.3 is 10.8 Å². The number of ether oxygens (including phenoxy) is 1. The molecule has 3 aliphatic heterocycles. The number of esters is 1. The average molecular weight is 610 g/mol. The highest BCUT2D eigenvalue weighted by molar-refractivity contribution is 8.00. The van der Waals surface area contributed by atoms with Crippen LogP contribution in [0.4, 0.5) is 10.1 Å². The monoisotopic (exact) mass is 609 g/mol. The van der Waals surface area contributed by atoms with E-state index >= 15 is 0 Å². The Bertz CT molecular complexity index is 1610. The molecule has 3 unspecified atom stereocenters. The van der Waals surface area contributed by atoms with Gasteiger partial charge in [-0.25, -0.2) is 14.1 Å². The fourth-order valence-electron chi connectivity index (χ4n) is 5.88. The van der Waals surface area contributed by atoms with Crippen LogP contribution in [0.2, 0.25) is 0 Å². The Morgan fingerprint density at radius 2 is 1.64 bits per heavy atom. The molecule has 1 aromatic heterocycles. The molecule has 3 aromatic rings. The molecule has 0 bridgehead atoms. The maximum atomic E-state index is 14.0. The number of amides is 3. The van der Waals surface area contributed by atoms with Crippen LogP contribution in [0.25, 0.3) is 0 Å². The van der Waals surface area contributed by atoms with E-state index < -0.39 is 40.7 Å². The normalized spacial score (nSPS) is 21.7. The zero-order valence-corrected chi connectivity index (χ0v) is 24.4. The molecular weight excluding hydrogens is 581 g/mol. The third-order valence-corrected chi connectivity index (χ3v) is 10.5. The first-order chi connectivity index (χ1) is 20.3. The summed E-state index contributed by atoms with van der Waals surface area (Å²) in [5.41, 5.74) is 1.21. The van der Waals surface area contributed by atoms with Gasteiger partial charge in [-0.05, 0) is 68.1 Å². The third-order valence-electron chi connectivity index (χ3n) is 7.92. The van der Waals surface area contributed by atoms with Gasteiger partial charge in [-0.3, -0.25) is 23.7 Å². The lowest BCUT2D eigenvalue weighted by Crippen LogP contribution is -2.39. The lowest BCUT2D eigenvalue weighted by molar-refractivity contribution is -0.133. The summed E-state index contributed by atoms with van der Waals surface area (Å²) in [6, 6.07) is 11.8. The van der Waals surface area contributed by atoms with E-state index in [9.17, 15) is 28.4 Å². The fraction of sp³-hybridized carbons (Fsp3) is 0.367. The molecular formula is C30H28FN3O6S2. The molecule has 0 aliphatic carbocycles. The van der Waals surface area contributed by atoms with E-state index in [0.717, 1.165) is 47.3 Å². The molecule has 9 nitrogen and oxygen atoms in total. The van der Waals surface area contributed by atoms with Crippen LogP contribution in [0.5, 0.6) is 0 Å². The topological polar surface area (TPSA) is 106 Å². The molecule has 12 heteroatoms. The maximum Gasteiger partial charge on any atom is 0.338 e. The van der Waals surface area contributed by atoms with Gasteiger partial charge in [0.15, 0.2) is 0 Å². The number of halogens is 1. The van der Waals surface area contributed by atoms with Gasteiger partial charge in [0.05, 0.1) is 28.8 Å². The van der Waals surface area contributed by atoms with Crippen LogP contribution < -0.4 is 9.77 Å². The highest BCUT2D eigenvalue weighted by atomic mass is 32.2. The molecule has 3 aliphatic rings. The molecule has 2 fully saturated rings. The lowest BCUT2D eigenvalue weighted by Gasteiger charge is -2.31. The minimum atomic E-state index is -0.866. The molecule has 2 aromatic carbocycles. The second kappa shape index (κ2) is 11.5. The number of carbonyl (C=O) groups is 4. The van der Waals surface area contributed by atoms with E-state index in [4.69, 9.17) is 4.74 Å². The number of hydrogen-bond acceptors (Lipinski definition) is 8. The van der Waals surface area contributed by atoms with Crippen molar-refractivity contribution in [3.05, 3.63) is 80.0 Å². The fourth-order valence-corrected chi connectivity index (χ4v) is 8.65. The van der Waals surface area contributed by atoms with Gasteiger partial charge in [-0.1, -0.05) is 35.2 Å². The summed E-state index contributed by atoms with van der Waals surface area (Å²) in [6.45, 7) is 3.06. The zero-order valence-electron chi connectivity index (χ0n) is 22.8. The van der Waals surface area contributed by atoms with Crippen LogP contribution in [-0.4, -0.2) is 58.1 Å². The Labute approximate surface area is 249 Å². The second-order valence-electron chi connectivity index (χ2n) is 10.4. The summed E-state index contributed by atoms with van der Waals surface area (Å²) in [7, 11) is 0. The first-order valence-electron chi connectivity index (χ1n) is 13.9. The highest BCUT2D eigenvalue weighted by Gasteiger charge is 2.56. The van der Waals surface area contributed by atoms with E-state index in [1.54, 1.807) is 24.0 Å². The highest BCUT2D eigenvalue weighted by Crippen LogP contribution is 2.53. The molecule has 42 heavy (non-hydrogen) atoms. The quantitative estimate of drug-likeness (QED) is 0.307. The van der Waals surface area contributed by atoms with Gasteiger partial charge in [0.1, 0.15) is 17.6 Å². The molecule has 0 N–H and O–H groups in total. The number of benzene rings is 2. The van der Waals surface area contributed by atoms with Gasteiger partial charge in [0.2, 0.25) is 17.7 Å². The van der Waals surface area contributed by atoms with Crippen LogP contribution >= 0.6 is 23.1 Å². The summed E-state index contributed by atoms with van der Waals surface area (Å²) >= 11 is 2.09. The van der Waals surface area contributed by atoms with Crippen molar-refractivity contribution in [2.45, 2.75) is 48.9 Å². The van der Waals surface area contributed by atoms with Gasteiger partial charge < -0.3 is 9.64 Å². The Kier molecular flexibility index (Phi) is 7.75. The molecule has 3 atom stereocenters. The Morgan fingerprint density at radius 3 is 2.31 bits per heavy atom. The smallest absolute Gasteiger partial charge is 0.338 e. The number of thioether (sulfide) groups is 1. The average Bonchev–Trinajstić information content (AvgIpc) is 3.44. The Morgan fingerprint density at radius 1 is 0.952 bits per heavy atom.